The fourth-order valence-electron chi connectivity index (χ4n) is 4.15. The minimum Gasteiger partial charge on any atom is -0.443 e. The van der Waals surface area contributed by atoms with Crippen LogP contribution >= 0.6 is 0 Å². The molecule has 1 fully saturated rings. The van der Waals surface area contributed by atoms with E-state index in [9.17, 15) is 4.79 Å². The molecule has 29 heavy (non-hydrogen) atoms. The van der Waals surface area contributed by atoms with Crippen LogP contribution in [0.15, 0.2) is 60.8 Å². The van der Waals surface area contributed by atoms with Crippen molar-refractivity contribution in [1.29, 1.82) is 0 Å². The van der Waals surface area contributed by atoms with E-state index < -0.39 is 5.60 Å². The van der Waals surface area contributed by atoms with Crippen LogP contribution in [0.5, 0.6) is 0 Å². The summed E-state index contributed by atoms with van der Waals surface area (Å²) in [5.74, 6) is 0.580. The van der Waals surface area contributed by atoms with Crippen LogP contribution in [0.3, 0.4) is 0 Å². The number of hydrogen-bond donors (Lipinski definition) is 0. The number of aromatic nitrogens is 1. The summed E-state index contributed by atoms with van der Waals surface area (Å²) >= 11 is 0. The molecule has 2 aromatic carbocycles. The number of rotatable bonds is 3. The molecular formula is C25H30N2O2. The van der Waals surface area contributed by atoms with E-state index in [1.165, 1.54) is 24.0 Å². The molecule has 0 atom stereocenters. The Hall–Kier alpha value is -2.59. The van der Waals surface area contributed by atoms with Crippen LogP contribution < -0.4 is 0 Å². The molecule has 1 aliphatic rings. The molecule has 1 aliphatic heterocycles. The van der Waals surface area contributed by atoms with E-state index in [1.807, 2.05) is 33.0 Å². The number of fused-ring (bicyclic) bond motifs is 1. The number of likely N-dealkylation sites (tertiary alicyclic amines) is 1. The predicted molar refractivity (Wildman–Crippen MR) is 117 cm³/mol. The topological polar surface area (TPSA) is 34.5 Å². The highest BCUT2D eigenvalue weighted by atomic mass is 16.6. The van der Waals surface area contributed by atoms with E-state index in [0.717, 1.165) is 30.5 Å². The largest absolute Gasteiger partial charge is 0.443 e. The van der Waals surface area contributed by atoms with Crippen molar-refractivity contribution in [3.05, 3.63) is 71.9 Å². The maximum atomic E-state index is 12.4. The maximum Gasteiger partial charge on any atom is 0.418 e. The molecule has 0 radical (unpaired) electrons. The maximum absolute atomic E-state index is 12.4. The standard InChI is InChI=1S/C25H30N2O2/c1-25(2,3)29-24(28)27-16-13-22-17-21(9-10-23(22)27)20-11-14-26(15-12-20)18-19-7-5-4-6-8-19/h4-10,13,16-17,20H,11-12,14-15,18H2,1-3H3. The average molecular weight is 391 g/mol. The summed E-state index contributed by atoms with van der Waals surface area (Å²) in [4.78, 5) is 15.0. The van der Waals surface area contributed by atoms with Crippen LogP contribution in [0.1, 0.15) is 50.7 Å². The Morgan fingerprint density at radius 1 is 1.03 bits per heavy atom. The molecular weight excluding hydrogens is 360 g/mol. The van der Waals surface area contributed by atoms with Gasteiger partial charge in [-0.3, -0.25) is 9.47 Å². The van der Waals surface area contributed by atoms with E-state index in [1.54, 1.807) is 4.57 Å². The van der Waals surface area contributed by atoms with Gasteiger partial charge in [-0.15, -0.1) is 0 Å². The molecule has 0 spiro atoms. The van der Waals surface area contributed by atoms with Crippen LogP contribution in [0.25, 0.3) is 10.9 Å². The number of piperidine rings is 1. The molecule has 0 aliphatic carbocycles. The fourth-order valence-corrected chi connectivity index (χ4v) is 4.15. The molecule has 4 heteroatoms. The van der Waals surface area contributed by atoms with Gasteiger partial charge in [0.25, 0.3) is 0 Å². The van der Waals surface area contributed by atoms with E-state index in [4.69, 9.17) is 4.74 Å². The SMILES string of the molecule is CC(C)(C)OC(=O)n1ccc2cc(C3CCN(Cc4ccccc4)CC3)ccc21. The molecule has 152 valence electrons. The normalized spacial score (nSPS) is 16.2. The molecule has 0 bridgehead atoms. The molecule has 1 aromatic heterocycles. The Morgan fingerprint density at radius 2 is 1.76 bits per heavy atom. The van der Waals surface area contributed by atoms with Gasteiger partial charge in [0.15, 0.2) is 0 Å². The number of carbonyl (C=O) groups excluding carboxylic acids is 1. The van der Waals surface area contributed by atoms with Crippen LogP contribution in [-0.4, -0.2) is 34.3 Å². The van der Waals surface area contributed by atoms with Crippen molar-refractivity contribution in [1.82, 2.24) is 9.47 Å². The van der Waals surface area contributed by atoms with Crippen molar-refractivity contribution in [2.45, 2.75) is 51.7 Å². The third kappa shape index (κ3) is 4.70. The first-order valence-corrected chi connectivity index (χ1v) is 10.5. The van der Waals surface area contributed by atoms with Gasteiger partial charge in [0.05, 0.1) is 5.52 Å². The molecule has 0 unspecified atom stereocenters. The summed E-state index contributed by atoms with van der Waals surface area (Å²) < 4.78 is 7.12. The minimum atomic E-state index is -0.499. The predicted octanol–water partition coefficient (Wildman–Crippen LogP) is 5.80. The lowest BCUT2D eigenvalue weighted by molar-refractivity contribution is 0.0544. The second-order valence-electron chi connectivity index (χ2n) is 9.02. The zero-order valence-electron chi connectivity index (χ0n) is 17.6. The molecule has 4 rings (SSSR count). The van der Waals surface area contributed by atoms with Crippen molar-refractivity contribution in [3.8, 4) is 0 Å². The zero-order chi connectivity index (χ0) is 20.4. The molecule has 2 heterocycles. The first-order chi connectivity index (χ1) is 13.9. The second-order valence-corrected chi connectivity index (χ2v) is 9.02. The van der Waals surface area contributed by atoms with E-state index in [-0.39, 0.29) is 6.09 Å². The molecule has 0 N–H and O–H groups in total. The molecule has 0 saturated carbocycles. The number of ether oxygens (including phenoxy) is 1. The fraction of sp³-hybridized carbons (Fsp3) is 0.400. The summed E-state index contributed by atoms with van der Waals surface area (Å²) in [6.45, 7) is 8.94. The Morgan fingerprint density at radius 3 is 2.45 bits per heavy atom. The third-order valence-electron chi connectivity index (χ3n) is 5.61. The van der Waals surface area contributed by atoms with Gasteiger partial charge < -0.3 is 4.74 Å². The number of carbonyl (C=O) groups is 1. The molecule has 3 aromatic rings. The van der Waals surface area contributed by atoms with Crippen LogP contribution in [-0.2, 0) is 11.3 Å². The second kappa shape index (κ2) is 8.03. The van der Waals surface area contributed by atoms with Crippen molar-refractivity contribution in [2.75, 3.05) is 13.1 Å². The number of nitrogens with zero attached hydrogens (tertiary/aromatic N) is 2. The quantitative estimate of drug-likeness (QED) is 0.566. The first kappa shape index (κ1) is 19.7. The van der Waals surface area contributed by atoms with Gasteiger partial charge in [0.2, 0.25) is 0 Å². The number of benzene rings is 2. The molecule has 4 nitrogen and oxygen atoms in total. The van der Waals surface area contributed by atoms with E-state index >= 15 is 0 Å². The van der Waals surface area contributed by atoms with Gasteiger partial charge >= 0.3 is 6.09 Å². The lowest BCUT2D eigenvalue weighted by Gasteiger charge is -2.32. The Bertz CT molecular complexity index is 977. The Balaban J connectivity index is 1.42. The number of hydrogen-bond acceptors (Lipinski definition) is 3. The third-order valence-corrected chi connectivity index (χ3v) is 5.61. The van der Waals surface area contributed by atoms with Gasteiger partial charge in [0.1, 0.15) is 5.60 Å². The van der Waals surface area contributed by atoms with Crippen LogP contribution in [0.2, 0.25) is 0 Å². The first-order valence-electron chi connectivity index (χ1n) is 10.5. The lowest BCUT2D eigenvalue weighted by atomic mass is 9.88. The summed E-state index contributed by atoms with van der Waals surface area (Å²) in [5.41, 5.74) is 3.17. The zero-order valence-corrected chi connectivity index (χ0v) is 17.6. The summed E-state index contributed by atoms with van der Waals surface area (Å²) in [6.07, 6.45) is 3.83. The summed E-state index contributed by atoms with van der Waals surface area (Å²) in [7, 11) is 0. The van der Waals surface area contributed by atoms with Gasteiger partial charge in [-0.25, -0.2) is 4.79 Å². The van der Waals surface area contributed by atoms with Crippen molar-refractivity contribution in [2.24, 2.45) is 0 Å². The highest BCUT2D eigenvalue weighted by Gasteiger charge is 2.22. The van der Waals surface area contributed by atoms with Gasteiger partial charge in [-0.05, 0) is 81.9 Å². The monoisotopic (exact) mass is 390 g/mol. The van der Waals surface area contributed by atoms with Crippen molar-refractivity contribution in [3.63, 3.8) is 0 Å². The van der Waals surface area contributed by atoms with Crippen molar-refractivity contribution < 1.29 is 9.53 Å². The highest BCUT2D eigenvalue weighted by molar-refractivity contribution is 5.90. The molecule has 0 amide bonds. The summed E-state index contributed by atoms with van der Waals surface area (Å²) in [6, 6.07) is 19.2. The van der Waals surface area contributed by atoms with Crippen molar-refractivity contribution >= 4 is 17.0 Å². The van der Waals surface area contributed by atoms with E-state index in [0.29, 0.717) is 5.92 Å². The van der Waals surface area contributed by atoms with Gasteiger partial charge in [-0.2, -0.15) is 0 Å². The highest BCUT2D eigenvalue weighted by Crippen LogP contribution is 2.31. The van der Waals surface area contributed by atoms with Gasteiger partial charge in [0, 0.05) is 18.1 Å². The molecule has 1 saturated heterocycles. The minimum absolute atomic E-state index is 0.325. The Labute approximate surface area is 173 Å². The summed E-state index contributed by atoms with van der Waals surface area (Å²) in [5, 5.41) is 1.10. The van der Waals surface area contributed by atoms with Crippen LogP contribution in [0, 0.1) is 0 Å². The Kier molecular flexibility index (Phi) is 5.46. The average Bonchev–Trinajstić information content (AvgIpc) is 3.11. The van der Waals surface area contributed by atoms with Crippen LogP contribution in [0.4, 0.5) is 4.79 Å². The smallest absolute Gasteiger partial charge is 0.418 e. The van der Waals surface area contributed by atoms with Gasteiger partial charge in [-0.1, -0.05) is 36.4 Å². The van der Waals surface area contributed by atoms with E-state index in [2.05, 4.69) is 53.4 Å². The lowest BCUT2D eigenvalue weighted by Crippen LogP contribution is -2.32.